The highest BCUT2D eigenvalue weighted by Crippen LogP contribution is 2.13. The molecule has 0 radical (unpaired) electrons. The van der Waals surface area contributed by atoms with Crippen molar-refractivity contribution in [2.24, 2.45) is 0 Å². The monoisotopic (exact) mass is 223 g/mol. The molecule has 74 valence electrons. The minimum Gasteiger partial charge on any atom is -0.215 e. The molecule has 0 saturated heterocycles. The molecule has 0 saturated carbocycles. The van der Waals surface area contributed by atoms with Gasteiger partial charge in [-0.15, -0.1) is 4.13 Å². The number of thiol groups is 1. The van der Waals surface area contributed by atoms with Crippen molar-refractivity contribution in [2.75, 3.05) is 5.75 Å². The average molecular weight is 223 g/mol. The van der Waals surface area contributed by atoms with Gasteiger partial charge in [-0.1, -0.05) is 0 Å². The maximum atomic E-state index is 12.1. The second kappa shape index (κ2) is 3.62. The van der Waals surface area contributed by atoms with Gasteiger partial charge in [-0.05, 0) is 0 Å². The van der Waals surface area contributed by atoms with Crippen molar-refractivity contribution in [2.45, 2.75) is 12.8 Å². The molecule has 0 spiro atoms. The van der Waals surface area contributed by atoms with E-state index in [2.05, 4.69) is 0 Å². The summed E-state index contributed by atoms with van der Waals surface area (Å²) in [5.74, 6) is -4.99. The van der Waals surface area contributed by atoms with Crippen molar-refractivity contribution >= 4 is 20.9 Å². The average Bonchev–Trinajstić information content (AvgIpc) is 1.48. The fourth-order valence-corrected chi connectivity index (χ4v) is 2.31. The minimum atomic E-state index is -4.43. The minimum absolute atomic E-state index is 0.379. The molecule has 0 amide bonds. The van der Waals surface area contributed by atoms with Crippen LogP contribution in [0, 0.1) is 0 Å². The molecular weight excluding hydrogens is 216 g/mol. The highest BCUT2D eigenvalue weighted by Gasteiger charge is 2.30. The van der Waals surface area contributed by atoms with Crippen LogP contribution in [0.25, 0.3) is 0 Å². The van der Waals surface area contributed by atoms with Gasteiger partial charge in [0.05, 0.1) is 0 Å². The lowest BCUT2D eigenvalue weighted by atomic mass is 10.5. The van der Waals surface area contributed by atoms with Gasteiger partial charge in [0.1, 0.15) is 5.75 Å². The van der Waals surface area contributed by atoms with Crippen LogP contribution in [0.1, 0.15) is 6.92 Å². The van der Waals surface area contributed by atoms with E-state index in [4.69, 9.17) is 0 Å². The predicted octanol–water partition coefficient (Wildman–Crippen LogP) is -0.913. The summed E-state index contributed by atoms with van der Waals surface area (Å²) in [6.07, 6.45) is 0. The van der Waals surface area contributed by atoms with Crippen LogP contribution >= 0.6 is 0 Å². The summed E-state index contributed by atoms with van der Waals surface area (Å²) in [5.41, 5.74) is 0. The molecule has 0 aliphatic carbocycles. The number of halogens is 2. The molecule has 0 heterocycles. The lowest BCUT2D eigenvalue weighted by Gasteiger charge is -2.08. The van der Waals surface area contributed by atoms with Gasteiger partial charge in [-0.2, -0.15) is 0 Å². The second-order valence-corrected chi connectivity index (χ2v) is 4.94. The Bertz CT molecular complexity index is 306. The Labute approximate surface area is 69.9 Å². The molecule has 0 aliphatic heterocycles. The van der Waals surface area contributed by atoms with E-state index < -0.39 is 32.6 Å². The van der Waals surface area contributed by atoms with Crippen molar-refractivity contribution in [3.05, 3.63) is 0 Å². The number of sulfonamides is 1. The summed E-state index contributed by atoms with van der Waals surface area (Å²) in [7, 11) is -7.85. The number of nitrogens with one attached hydrogen (secondary N) is 1. The van der Waals surface area contributed by atoms with Crippen LogP contribution in [0.4, 0.5) is 8.78 Å². The molecular formula is C3H7F2NO4S2. The Balaban J connectivity index is 4.46. The Morgan fingerprint density at radius 2 is 1.83 bits per heavy atom. The van der Waals surface area contributed by atoms with Gasteiger partial charge >= 0.3 is 0 Å². The molecule has 0 unspecified atom stereocenters. The van der Waals surface area contributed by atoms with Crippen LogP contribution in [0.15, 0.2) is 0 Å². The van der Waals surface area contributed by atoms with Crippen LogP contribution in [-0.2, 0) is 20.9 Å². The van der Waals surface area contributed by atoms with Gasteiger partial charge in [-0.3, -0.25) is 0 Å². The molecule has 12 heavy (non-hydrogen) atoms. The van der Waals surface area contributed by atoms with E-state index in [0.717, 1.165) is 4.13 Å². The first-order valence-corrected chi connectivity index (χ1v) is 5.48. The van der Waals surface area contributed by atoms with Crippen molar-refractivity contribution in [3.8, 4) is 0 Å². The molecule has 0 aromatic rings. The fourth-order valence-electron chi connectivity index (χ4n) is 0.479. The van der Waals surface area contributed by atoms with E-state index in [-0.39, 0.29) is 0 Å². The SMILES string of the molecule is CC(F)(F)CS(=O)(=O)N[SH](=O)=O. The van der Waals surface area contributed by atoms with E-state index >= 15 is 0 Å². The second-order valence-electron chi connectivity index (χ2n) is 2.18. The first-order valence-electron chi connectivity index (χ1n) is 2.65. The zero-order valence-corrected chi connectivity index (χ0v) is 7.66. The van der Waals surface area contributed by atoms with Crippen LogP contribution in [0.3, 0.4) is 0 Å². The Hall–Kier alpha value is -0.280. The molecule has 0 aliphatic rings. The maximum absolute atomic E-state index is 12.1. The van der Waals surface area contributed by atoms with Crippen molar-refractivity contribution < 1.29 is 25.6 Å². The van der Waals surface area contributed by atoms with Gasteiger partial charge in [-0.25, -0.2) is 25.6 Å². The summed E-state index contributed by atoms with van der Waals surface area (Å²) in [4.78, 5) is 0. The molecule has 1 N–H and O–H groups in total. The fraction of sp³-hybridized carbons (Fsp3) is 1.00. The third-order valence-electron chi connectivity index (χ3n) is 0.657. The topological polar surface area (TPSA) is 80.3 Å². The maximum Gasteiger partial charge on any atom is 0.260 e. The van der Waals surface area contributed by atoms with Crippen LogP contribution in [-0.4, -0.2) is 28.5 Å². The molecule has 0 rings (SSSR count). The summed E-state index contributed by atoms with van der Waals surface area (Å²) < 4.78 is 65.7. The van der Waals surface area contributed by atoms with Gasteiger partial charge in [0.15, 0.2) is 0 Å². The van der Waals surface area contributed by atoms with Gasteiger partial charge in [0, 0.05) is 6.92 Å². The predicted molar refractivity (Wildman–Crippen MR) is 37.9 cm³/mol. The van der Waals surface area contributed by atoms with E-state index in [1.807, 2.05) is 0 Å². The van der Waals surface area contributed by atoms with E-state index in [1.165, 1.54) is 0 Å². The van der Waals surface area contributed by atoms with E-state index in [0.29, 0.717) is 6.92 Å². The Kier molecular flexibility index (Phi) is 3.54. The largest absolute Gasteiger partial charge is 0.260 e. The highest BCUT2D eigenvalue weighted by molar-refractivity contribution is 7.98. The molecule has 0 aromatic carbocycles. The first kappa shape index (κ1) is 11.7. The third kappa shape index (κ3) is 6.43. The molecule has 5 nitrogen and oxygen atoms in total. The zero-order chi connectivity index (χ0) is 9.99. The molecule has 0 bridgehead atoms. The Morgan fingerprint density at radius 3 is 2.08 bits per heavy atom. The first-order chi connectivity index (χ1) is 5.12. The standard InChI is InChI=1S/C3H7F2NO4S2/c1-3(4,5)2-12(9,10)6-11(7)8/h11H,2H2,1H3,(H,6,7,8). The molecule has 0 aromatic heterocycles. The summed E-state index contributed by atoms with van der Waals surface area (Å²) in [6, 6.07) is 0. The molecule has 0 atom stereocenters. The number of hydrogen-bond donors (Lipinski definition) is 2. The molecule has 9 heteroatoms. The van der Waals surface area contributed by atoms with Gasteiger partial charge < -0.3 is 0 Å². The van der Waals surface area contributed by atoms with Gasteiger partial charge in [0.2, 0.25) is 20.9 Å². The summed E-state index contributed by atoms with van der Waals surface area (Å²) >= 11 is 0. The lowest BCUT2D eigenvalue weighted by Crippen LogP contribution is -2.33. The number of hydrogen-bond acceptors (Lipinski definition) is 4. The molecule has 0 fully saturated rings. The highest BCUT2D eigenvalue weighted by atomic mass is 32.3. The quantitative estimate of drug-likeness (QED) is 0.604. The van der Waals surface area contributed by atoms with Crippen molar-refractivity contribution in [1.82, 2.24) is 4.13 Å². The van der Waals surface area contributed by atoms with Gasteiger partial charge in [0.25, 0.3) is 5.92 Å². The summed E-state index contributed by atoms with van der Waals surface area (Å²) in [6.45, 7) is 0.379. The zero-order valence-electron chi connectivity index (χ0n) is 5.95. The van der Waals surface area contributed by atoms with Crippen LogP contribution < -0.4 is 4.13 Å². The van der Waals surface area contributed by atoms with E-state index in [1.54, 1.807) is 0 Å². The number of rotatable bonds is 4. The van der Waals surface area contributed by atoms with Crippen LogP contribution in [0.2, 0.25) is 0 Å². The van der Waals surface area contributed by atoms with Crippen molar-refractivity contribution in [3.63, 3.8) is 0 Å². The summed E-state index contributed by atoms with van der Waals surface area (Å²) in [5, 5.41) is 0. The lowest BCUT2D eigenvalue weighted by molar-refractivity contribution is 0.0473. The normalized spacial score (nSPS) is 13.7. The third-order valence-corrected chi connectivity index (χ3v) is 3.25. The Morgan fingerprint density at radius 1 is 1.42 bits per heavy atom. The smallest absolute Gasteiger partial charge is 0.215 e. The van der Waals surface area contributed by atoms with E-state index in [9.17, 15) is 25.6 Å². The van der Waals surface area contributed by atoms with Crippen molar-refractivity contribution in [1.29, 1.82) is 0 Å². The van der Waals surface area contributed by atoms with Crippen LogP contribution in [0.5, 0.6) is 0 Å². The number of alkyl halides is 2.